The molecule has 0 bridgehead atoms. The van der Waals surface area contributed by atoms with Gasteiger partial charge < -0.3 is 15.2 Å². The number of aliphatic hydroxyl groups is 1. The molecule has 2 N–H and O–H groups in total. The maximum atomic E-state index is 9.76. The van der Waals surface area contributed by atoms with Gasteiger partial charge in [0.2, 0.25) is 0 Å². The van der Waals surface area contributed by atoms with Crippen LogP contribution in [0.25, 0.3) is 0 Å². The van der Waals surface area contributed by atoms with Gasteiger partial charge in [-0.3, -0.25) is 0 Å². The van der Waals surface area contributed by atoms with Crippen LogP contribution in [0.3, 0.4) is 0 Å². The van der Waals surface area contributed by atoms with Gasteiger partial charge >= 0.3 is 0 Å². The van der Waals surface area contributed by atoms with Crippen LogP contribution in [0.5, 0.6) is 0 Å². The minimum absolute atomic E-state index is 0.0306. The Morgan fingerprint density at radius 3 is 2.83 bits per heavy atom. The van der Waals surface area contributed by atoms with Gasteiger partial charge in [-0.05, 0) is 44.1 Å². The predicted molar refractivity (Wildman–Crippen MR) is 75.7 cm³/mol. The van der Waals surface area contributed by atoms with E-state index >= 15 is 0 Å². The molecule has 18 heavy (non-hydrogen) atoms. The molecule has 0 radical (unpaired) electrons. The molecule has 108 valence electrons. The van der Waals surface area contributed by atoms with Crippen LogP contribution < -0.4 is 5.32 Å². The Balaban J connectivity index is 2.36. The van der Waals surface area contributed by atoms with Crippen molar-refractivity contribution < 1.29 is 9.84 Å². The average Bonchev–Trinajstić information content (AvgIpc) is 2.75. The van der Waals surface area contributed by atoms with Crippen LogP contribution in [0, 0.1) is 11.8 Å². The SMILES string of the molecule is CCCNC1(CO)CCCC1CCOCC(C)C. The Labute approximate surface area is 112 Å². The highest BCUT2D eigenvalue weighted by Gasteiger charge is 2.41. The summed E-state index contributed by atoms with van der Waals surface area (Å²) in [5.41, 5.74) is -0.0306. The van der Waals surface area contributed by atoms with E-state index in [4.69, 9.17) is 4.74 Å². The van der Waals surface area contributed by atoms with Crippen molar-refractivity contribution in [3.05, 3.63) is 0 Å². The van der Waals surface area contributed by atoms with E-state index in [0.29, 0.717) is 11.8 Å². The van der Waals surface area contributed by atoms with E-state index in [9.17, 15) is 5.11 Å². The molecule has 2 atom stereocenters. The van der Waals surface area contributed by atoms with Gasteiger partial charge in [0.15, 0.2) is 0 Å². The molecule has 0 amide bonds. The molecular weight excluding hydrogens is 226 g/mol. The summed E-state index contributed by atoms with van der Waals surface area (Å²) < 4.78 is 5.69. The fraction of sp³-hybridized carbons (Fsp3) is 1.00. The van der Waals surface area contributed by atoms with E-state index in [0.717, 1.165) is 39.0 Å². The average molecular weight is 257 g/mol. The van der Waals surface area contributed by atoms with Crippen molar-refractivity contribution in [2.45, 2.75) is 58.4 Å². The Bertz CT molecular complexity index is 221. The standard InChI is InChI=1S/C15H31NO2/c1-4-9-16-15(12-17)8-5-6-14(15)7-10-18-11-13(2)3/h13-14,16-17H,4-12H2,1-3H3. The molecule has 0 saturated heterocycles. The maximum Gasteiger partial charge on any atom is 0.0616 e. The Morgan fingerprint density at radius 1 is 1.44 bits per heavy atom. The second-order valence-electron chi connectivity index (χ2n) is 6.09. The molecule has 1 rings (SSSR count). The van der Waals surface area contributed by atoms with E-state index < -0.39 is 0 Å². The summed E-state index contributed by atoms with van der Waals surface area (Å²) in [6.07, 6.45) is 5.76. The van der Waals surface area contributed by atoms with Crippen molar-refractivity contribution in [2.75, 3.05) is 26.4 Å². The Kier molecular flexibility index (Phi) is 7.20. The highest BCUT2D eigenvalue weighted by Crippen LogP contribution is 2.37. The fourth-order valence-corrected chi connectivity index (χ4v) is 2.98. The number of aliphatic hydroxyl groups excluding tert-OH is 1. The van der Waals surface area contributed by atoms with E-state index in [1.165, 1.54) is 12.8 Å². The van der Waals surface area contributed by atoms with E-state index in [1.807, 2.05) is 0 Å². The summed E-state index contributed by atoms with van der Waals surface area (Å²) in [7, 11) is 0. The largest absolute Gasteiger partial charge is 0.394 e. The third-order valence-corrected chi connectivity index (χ3v) is 4.03. The second kappa shape index (κ2) is 8.13. The molecule has 1 fully saturated rings. The van der Waals surface area contributed by atoms with Crippen molar-refractivity contribution in [2.24, 2.45) is 11.8 Å². The molecule has 0 aromatic carbocycles. The van der Waals surface area contributed by atoms with Crippen LogP contribution in [0.15, 0.2) is 0 Å². The number of rotatable bonds is 9. The normalized spacial score (nSPS) is 28.2. The van der Waals surface area contributed by atoms with Crippen molar-refractivity contribution in [3.8, 4) is 0 Å². The number of ether oxygens (including phenoxy) is 1. The first-order valence-corrected chi connectivity index (χ1v) is 7.58. The monoisotopic (exact) mass is 257 g/mol. The molecule has 1 aliphatic carbocycles. The lowest BCUT2D eigenvalue weighted by Crippen LogP contribution is -2.51. The lowest BCUT2D eigenvalue weighted by molar-refractivity contribution is 0.0685. The first-order chi connectivity index (χ1) is 8.64. The van der Waals surface area contributed by atoms with Crippen LogP contribution in [0.4, 0.5) is 0 Å². The summed E-state index contributed by atoms with van der Waals surface area (Å²) in [6, 6.07) is 0. The zero-order valence-electron chi connectivity index (χ0n) is 12.4. The van der Waals surface area contributed by atoms with Crippen molar-refractivity contribution >= 4 is 0 Å². The van der Waals surface area contributed by atoms with Gasteiger partial charge in [0.1, 0.15) is 0 Å². The summed E-state index contributed by atoms with van der Waals surface area (Å²) in [6.45, 7) is 9.48. The number of nitrogens with one attached hydrogen (secondary N) is 1. The molecule has 1 aliphatic rings. The van der Waals surface area contributed by atoms with Crippen LogP contribution in [-0.2, 0) is 4.74 Å². The zero-order chi connectivity index (χ0) is 13.4. The highest BCUT2D eigenvalue weighted by molar-refractivity contribution is 4.98. The lowest BCUT2D eigenvalue weighted by Gasteiger charge is -2.35. The zero-order valence-corrected chi connectivity index (χ0v) is 12.4. The van der Waals surface area contributed by atoms with E-state index in [-0.39, 0.29) is 12.1 Å². The quantitative estimate of drug-likeness (QED) is 0.624. The molecule has 0 aromatic rings. The van der Waals surface area contributed by atoms with Crippen LogP contribution in [0.2, 0.25) is 0 Å². The third-order valence-electron chi connectivity index (χ3n) is 4.03. The molecule has 0 aliphatic heterocycles. The molecular formula is C15H31NO2. The molecule has 0 spiro atoms. The maximum absolute atomic E-state index is 9.76. The number of hydrogen-bond acceptors (Lipinski definition) is 3. The third kappa shape index (κ3) is 4.52. The minimum atomic E-state index is -0.0306. The molecule has 0 aromatic heterocycles. The van der Waals surface area contributed by atoms with Crippen molar-refractivity contribution in [1.82, 2.24) is 5.32 Å². The van der Waals surface area contributed by atoms with Crippen molar-refractivity contribution in [3.63, 3.8) is 0 Å². The van der Waals surface area contributed by atoms with Crippen LogP contribution in [-0.4, -0.2) is 37.0 Å². The minimum Gasteiger partial charge on any atom is -0.394 e. The first kappa shape index (κ1) is 15.9. The summed E-state index contributed by atoms with van der Waals surface area (Å²) in [5, 5.41) is 13.3. The predicted octanol–water partition coefficient (Wildman–Crippen LogP) is 2.58. The van der Waals surface area contributed by atoms with Gasteiger partial charge in [-0.2, -0.15) is 0 Å². The Hall–Kier alpha value is -0.120. The smallest absolute Gasteiger partial charge is 0.0616 e. The molecule has 2 unspecified atom stereocenters. The second-order valence-corrected chi connectivity index (χ2v) is 6.09. The summed E-state index contributed by atoms with van der Waals surface area (Å²) in [4.78, 5) is 0. The Morgan fingerprint density at radius 2 is 2.22 bits per heavy atom. The van der Waals surface area contributed by atoms with Gasteiger partial charge in [0.25, 0.3) is 0 Å². The molecule has 0 heterocycles. The summed E-state index contributed by atoms with van der Waals surface area (Å²) in [5.74, 6) is 1.18. The molecule has 3 heteroatoms. The van der Waals surface area contributed by atoms with Crippen molar-refractivity contribution in [1.29, 1.82) is 0 Å². The van der Waals surface area contributed by atoms with E-state index in [1.54, 1.807) is 0 Å². The first-order valence-electron chi connectivity index (χ1n) is 7.58. The van der Waals surface area contributed by atoms with Gasteiger partial charge in [0.05, 0.1) is 6.61 Å². The number of hydrogen-bond donors (Lipinski definition) is 2. The van der Waals surface area contributed by atoms with Gasteiger partial charge in [-0.25, -0.2) is 0 Å². The van der Waals surface area contributed by atoms with Gasteiger partial charge in [-0.1, -0.05) is 27.2 Å². The molecule has 1 saturated carbocycles. The van der Waals surface area contributed by atoms with Gasteiger partial charge in [-0.15, -0.1) is 0 Å². The van der Waals surface area contributed by atoms with Crippen LogP contribution in [0.1, 0.15) is 52.9 Å². The lowest BCUT2D eigenvalue weighted by atomic mass is 9.85. The summed E-state index contributed by atoms with van der Waals surface area (Å²) >= 11 is 0. The van der Waals surface area contributed by atoms with E-state index in [2.05, 4.69) is 26.1 Å². The topological polar surface area (TPSA) is 41.5 Å². The highest BCUT2D eigenvalue weighted by atomic mass is 16.5. The molecule has 3 nitrogen and oxygen atoms in total. The fourth-order valence-electron chi connectivity index (χ4n) is 2.98. The van der Waals surface area contributed by atoms with Gasteiger partial charge in [0, 0.05) is 18.8 Å². The van der Waals surface area contributed by atoms with Crippen LogP contribution >= 0.6 is 0 Å².